The predicted molar refractivity (Wildman–Crippen MR) is 117 cm³/mol. The molecule has 1 aliphatic rings. The Balaban J connectivity index is 1.10. The van der Waals surface area contributed by atoms with Crippen LogP contribution in [0.3, 0.4) is 0 Å². The van der Waals surface area contributed by atoms with Crippen LogP contribution in [0.25, 0.3) is 16.7 Å². The number of nitrogens with one attached hydrogen (secondary N) is 1. The minimum atomic E-state index is 0.0417. The van der Waals surface area contributed by atoms with Crippen molar-refractivity contribution in [3.63, 3.8) is 0 Å². The molecule has 0 aliphatic carbocycles. The number of anilines is 1. The van der Waals surface area contributed by atoms with Gasteiger partial charge in [-0.2, -0.15) is 5.10 Å². The number of rotatable bonds is 6. The third-order valence-corrected chi connectivity index (χ3v) is 5.81. The topological polar surface area (TPSA) is 93.8 Å². The van der Waals surface area contributed by atoms with Crippen molar-refractivity contribution in [3.8, 4) is 5.82 Å². The number of hydrogen-bond donors (Lipinski definition) is 1. The van der Waals surface area contributed by atoms with E-state index < -0.39 is 0 Å². The van der Waals surface area contributed by atoms with Gasteiger partial charge in [0.2, 0.25) is 5.91 Å². The van der Waals surface area contributed by atoms with E-state index in [0.29, 0.717) is 12.4 Å². The molecule has 31 heavy (non-hydrogen) atoms. The van der Waals surface area contributed by atoms with Crippen molar-refractivity contribution < 1.29 is 4.79 Å². The molecule has 9 heteroatoms. The van der Waals surface area contributed by atoms with Gasteiger partial charge in [0.1, 0.15) is 12.7 Å². The summed E-state index contributed by atoms with van der Waals surface area (Å²) in [6, 6.07) is 14.2. The van der Waals surface area contributed by atoms with Crippen LogP contribution in [0.2, 0.25) is 0 Å². The number of fused-ring (bicyclic) bond motifs is 1. The van der Waals surface area contributed by atoms with Crippen LogP contribution in [0.4, 0.5) is 5.82 Å². The quantitative estimate of drug-likeness (QED) is 0.517. The first-order chi connectivity index (χ1) is 15.3. The standard InChI is InChI=1S/C22H24N8O/c31-22(24-10-14-28-11-7-17-3-1-2-4-19(17)28)18-8-12-29(13-9-18)20-5-6-21(27-26-20)30-16-23-15-25-30/h1-7,11,15-16,18H,8-10,12-14H2,(H,24,31). The maximum absolute atomic E-state index is 12.6. The molecule has 3 aromatic heterocycles. The van der Waals surface area contributed by atoms with Gasteiger partial charge in [-0.25, -0.2) is 9.67 Å². The van der Waals surface area contributed by atoms with Crippen molar-refractivity contribution in [2.45, 2.75) is 19.4 Å². The molecule has 1 amide bonds. The monoisotopic (exact) mass is 416 g/mol. The maximum Gasteiger partial charge on any atom is 0.223 e. The molecule has 158 valence electrons. The van der Waals surface area contributed by atoms with Gasteiger partial charge in [0.15, 0.2) is 11.6 Å². The van der Waals surface area contributed by atoms with Crippen LogP contribution in [0, 0.1) is 5.92 Å². The number of benzene rings is 1. The Kier molecular flexibility index (Phi) is 5.30. The average molecular weight is 416 g/mol. The molecule has 1 saturated heterocycles. The normalized spacial score (nSPS) is 14.8. The Morgan fingerprint density at radius 1 is 1.03 bits per heavy atom. The molecule has 0 bridgehead atoms. The zero-order valence-electron chi connectivity index (χ0n) is 17.1. The lowest BCUT2D eigenvalue weighted by molar-refractivity contribution is -0.125. The summed E-state index contributed by atoms with van der Waals surface area (Å²) in [5.74, 6) is 1.64. The molecule has 0 spiro atoms. The fourth-order valence-electron chi connectivity index (χ4n) is 4.09. The van der Waals surface area contributed by atoms with Gasteiger partial charge in [-0.3, -0.25) is 4.79 Å². The maximum atomic E-state index is 12.6. The molecular formula is C22H24N8O. The minimum Gasteiger partial charge on any atom is -0.355 e. The lowest BCUT2D eigenvalue weighted by atomic mass is 9.96. The van der Waals surface area contributed by atoms with Crippen molar-refractivity contribution in [1.29, 1.82) is 0 Å². The summed E-state index contributed by atoms with van der Waals surface area (Å²) in [6.45, 7) is 2.98. The Bertz CT molecular complexity index is 1140. The van der Waals surface area contributed by atoms with Crippen molar-refractivity contribution in [3.05, 3.63) is 61.3 Å². The van der Waals surface area contributed by atoms with Gasteiger partial charge < -0.3 is 14.8 Å². The lowest BCUT2D eigenvalue weighted by Gasteiger charge is -2.31. The molecule has 5 rings (SSSR count). The summed E-state index contributed by atoms with van der Waals surface area (Å²) in [5.41, 5.74) is 1.20. The zero-order chi connectivity index (χ0) is 21.0. The Morgan fingerprint density at radius 3 is 2.61 bits per heavy atom. The highest BCUT2D eigenvalue weighted by Gasteiger charge is 2.25. The SMILES string of the molecule is O=C(NCCn1ccc2ccccc21)C1CCN(c2ccc(-n3cncn3)nn2)CC1. The summed E-state index contributed by atoms with van der Waals surface area (Å²) in [5, 5.41) is 16.9. The summed E-state index contributed by atoms with van der Waals surface area (Å²) < 4.78 is 3.75. The Labute approximate surface area is 179 Å². The molecule has 1 fully saturated rings. The first kappa shape index (κ1) is 19.2. The number of aromatic nitrogens is 6. The second kappa shape index (κ2) is 8.55. The molecule has 0 saturated carbocycles. The first-order valence-electron chi connectivity index (χ1n) is 10.5. The fourth-order valence-corrected chi connectivity index (χ4v) is 4.09. The number of hydrogen-bond acceptors (Lipinski definition) is 6. The molecule has 0 atom stereocenters. The summed E-state index contributed by atoms with van der Waals surface area (Å²) in [4.78, 5) is 18.7. The van der Waals surface area contributed by atoms with E-state index in [9.17, 15) is 4.79 Å². The van der Waals surface area contributed by atoms with E-state index in [4.69, 9.17) is 0 Å². The van der Waals surface area contributed by atoms with Gasteiger partial charge in [0.05, 0.1) is 0 Å². The van der Waals surface area contributed by atoms with Crippen molar-refractivity contribution in [2.75, 3.05) is 24.5 Å². The molecule has 9 nitrogen and oxygen atoms in total. The summed E-state index contributed by atoms with van der Waals surface area (Å²) >= 11 is 0. The van der Waals surface area contributed by atoms with Crippen LogP contribution >= 0.6 is 0 Å². The first-order valence-corrected chi connectivity index (χ1v) is 10.5. The van der Waals surface area contributed by atoms with E-state index in [1.54, 1.807) is 11.0 Å². The average Bonchev–Trinajstić information content (AvgIpc) is 3.50. The molecule has 1 aliphatic heterocycles. The van der Waals surface area contributed by atoms with E-state index >= 15 is 0 Å². The number of piperidine rings is 1. The number of nitrogens with zero attached hydrogens (tertiary/aromatic N) is 7. The molecule has 1 aromatic carbocycles. The number of carbonyl (C=O) groups excluding carboxylic acids is 1. The van der Waals surface area contributed by atoms with Crippen LogP contribution in [0.15, 0.2) is 61.3 Å². The molecule has 1 N–H and O–H groups in total. The second-order valence-electron chi connectivity index (χ2n) is 7.71. The van der Waals surface area contributed by atoms with Gasteiger partial charge in [0.25, 0.3) is 0 Å². The smallest absolute Gasteiger partial charge is 0.223 e. The van der Waals surface area contributed by atoms with Crippen molar-refractivity contribution in [2.24, 2.45) is 5.92 Å². The molecule has 0 radical (unpaired) electrons. The van der Waals surface area contributed by atoms with E-state index in [-0.39, 0.29) is 11.8 Å². The molecule has 4 aromatic rings. The highest BCUT2D eigenvalue weighted by molar-refractivity contribution is 5.80. The highest BCUT2D eigenvalue weighted by atomic mass is 16.1. The largest absolute Gasteiger partial charge is 0.355 e. The Hall–Kier alpha value is -3.75. The lowest BCUT2D eigenvalue weighted by Crippen LogP contribution is -2.41. The number of para-hydroxylation sites is 1. The van der Waals surface area contributed by atoms with E-state index in [2.05, 4.69) is 59.5 Å². The zero-order valence-corrected chi connectivity index (χ0v) is 17.1. The molecular weight excluding hydrogens is 392 g/mol. The van der Waals surface area contributed by atoms with Gasteiger partial charge in [-0.15, -0.1) is 10.2 Å². The van der Waals surface area contributed by atoms with Crippen LogP contribution in [0.1, 0.15) is 12.8 Å². The molecule has 0 unspecified atom stereocenters. The minimum absolute atomic E-state index is 0.0417. The highest BCUT2D eigenvalue weighted by Crippen LogP contribution is 2.22. The Morgan fingerprint density at radius 2 is 1.84 bits per heavy atom. The molecule has 4 heterocycles. The number of carbonyl (C=O) groups is 1. The van der Waals surface area contributed by atoms with Gasteiger partial charge >= 0.3 is 0 Å². The summed E-state index contributed by atoms with van der Waals surface area (Å²) in [7, 11) is 0. The van der Waals surface area contributed by atoms with Crippen LogP contribution in [0.5, 0.6) is 0 Å². The third-order valence-electron chi connectivity index (χ3n) is 5.81. The van der Waals surface area contributed by atoms with E-state index in [1.165, 1.54) is 17.2 Å². The van der Waals surface area contributed by atoms with Crippen LogP contribution in [-0.4, -0.2) is 55.1 Å². The number of amides is 1. The van der Waals surface area contributed by atoms with E-state index in [1.807, 2.05) is 24.3 Å². The van der Waals surface area contributed by atoms with Gasteiger partial charge in [-0.05, 0) is 42.5 Å². The van der Waals surface area contributed by atoms with Crippen molar-refractivity contribution >= 4 is 22.6 Å². The third kappa shape index (κ3) is 4.11. The van der Waals surface area contributed by atoms with E-state index in [0.717, 1.165) is 38.3 Å². The van der Waals surface area contributed by atoms with Crippen LogP contribution < -0.4 is 10.2 Å². The van der Waals surface area contributed by atoms with Gasteiger partial charge in [0, 0.05) is 43.8 Å². The fraction of sp³-hybridized carbons (Fsp3) is 0.318. The van der Waals surface area contributed by atoms with Crippen LogP contribution in [-0.2, 0) is 11.3 Å². The predicted octanol–water partition coefficient (Wildman–Crippen LogP) is 2.04. The second-order valence-corrected chi connectivity index (χ2v) is 7.71. The van der Waals surface area contributed by atoms with Crippen molar-refractivity contribution in [1.82, 2.24) is 34.8 Å². The summed E-state index contributed by atoms with van der Waals surface area (Å²) in [6.07, 6.45) is 6.75. The van der Waals surface area contributed by atoms with Gasteiger partial charge in [-0.1, -0.05) is 18.2 Å².